The van der Waals surface area contributed by atoms with Crippen LogP contribution in [0.5, 0.6) is 0 Å². The monoisotopic (exact) mass is 369 g/mol. The smallest absolute Gasteiger partial charge is 0.416 e. The first-order chi connectivity index (χ1) is 10.5. The molecule has 4 nitrogen and oxygen atoms in total. The number of hydrogen-bond donors (Lipinski definition) is 0. The predicted molar refractivity (Wildman–Crippen MR) is 91.1 cm³/mol. The first-order valence-electron chi connectivity index (χ1n) is 7.64. The van der Waals surface area contributed by atoms with Crippen molar-refractivity contribution in [2.45, 2.75) is 39.7 Å². The zero-order chi connectivity index (χ0) is 16.5. The van der Waals surface area contributed by atoms with Gasteiger partial charge in [-0.3, -0.25) is 4.79 Å². The predicted octanol–water partition coefficient (Wildman–Crippen LogP) is 4.02. The van der Waals surface area contributed by atoms with E-state index in [-0.39, 0.29) is 24.5 Å². The number of carbonyl (C=O) groups is 2. The number of halogens is 1. The Morgan fingerprint density at radius 3 is 2.50 bits per heavy atom. The second-order valence-corrected chi connectivity index (χ2v) is 6.33. The maximum absolute atomic E-state index is 12.2. The lowest BCUT2D eigenvalue weighted by molar-refractivity contribution is -0.132. The Bertz CT molecular complexity index is 478. The van der Waals surface area contributed by atoms with E-state index in [4.69, 9.17) is 4.74 Å². The molecule has 0 saturated carbocycles. The Morgan fingerprint density at radius 2 is 1.95 bits per heavy atom. The number of alkyl halides is 1. The van der Waals surface area contributed by atoms with Gasteiger partial charge in [0.15, 0.2) is 0 Å². The average molecular weight is 370 g/mol. The van der Waals surface area contributed by atoms with E-state index in [1.54, 1.807) is 0 Å². The molecule has 5 heteroatoms. The van der Waals surface area contributed by atoms with E-state index in [0.29, 0.717) is 6.42 Å². The molecule has 0 N–H and O–H groups in total. The second-order valence-electron chi connectivity index (χ2n) is 5.21. The fraction of sp³-hybridized carbons (Fsp3) is 0.529. The third-order valence-electron chi connectivity index (χ3n) is 3.55. The number of carbonyl (C=O) groups excluding carboxylic acids is 2. The first kappa shape index (κ1) is 18.7. The van der Waals surface area contributed by atoms with Crippen LogP contribution in [0.1, 0.15) is 32.8 Å². The van der Waals surface area contributed by atoms with E-state index in [1.807, 2.05) is 51.1 Å². The van der Waals surface area contributed by atoms with Gasteiger partial charge < -0.3 is 4.74 Å². The molecule has 22 heavy (non-hydrogen) atoms. The minimum atomic E-state index is -0.508. The zero-order valence-corrected chi connectivity index (χ0v) is 15.0. The molecule has 1 saturated heterocycles. The summed E-state index contributed by atoms with van der Waals surface area (Å²) in [6.45, 7) is 6.11. The summed E-state index contributed by atoms with van der Waals surface area (Å²) in [4.78, 5) is 25.2. The molecule has 1 aromatic carbocycles. The zero-order valence-electron chi connectivity index (χ0n) is 13.4. The number of cyclic esters (lactones) is 1. The fourth-order valence-corrected chi connectivity index (χ4v) is 2.18. The topological polar surface area (TPSA) is 46.6 Å². The molecule has 1 aromatic rings. The van der Waals surface area contributed by atoms with Crippen molar-refractivity contribution in [2.24, 2.45) is 5.92 Å². The van der Waals surface area contributed by atoms with E-state index in [2.05, 4.69) is 15.9 Å². The molecule has 2 atom stereocenters. The van der Waals surface area contributed by atoms with Gasteiger partial charge in [-0.2, -0.15) is 0 Å². The van der Waals surface area contributed by atoms with E-state index >= 15 is 0 Å². The van der Waals surface area contributed by atoms with Gasteiger partial charge in [-0.15, -0.1) is 0 Å². The molecule has 1 aliphatic rings. The van der Waals surface area contributed by atoms with Crippen LogP contribution in [0.15, 0.2) is 30.3 Å². The van der Waals surface area contributed by atoms with Crippen molar-refractivity contribution in [1.29, 1.82) is 0 Å². The number of hydrogen-bond acceptors (Lipinski definition) is 3. The number of ether oxygens (including phenoxy) is 1. The molecule has 0 bridgehead atoms. The summed E-state index contributed by atoms with van der Waals surface area (Å²) in [7, 11) is 0. The average Bonchev–Trinajstić information content (AvgIpc) is 2.88. The minimum absolute atomic E-state index is 0.133. The van der Waals surface area contributed by atoms with Crippen LogP contribution in [-0.4, -0.2) is 34.9 Å². The van der Waals surface area contributed by atoms with Crippen molar-refractivity contribution in [3.63, 3.8) is 0 Å². The van der Waals surface area contributed by atoms with Gasteiger partial charge in [-0.1, -0.05) is 67.0 Å². The van der Waals surface area contributed by atoms with Crippen molar-refractivity contribution in [1.82, 2.24) is 4.90 Å². The highest BCUT2D eigenvalue weighted by Crippen LogP contribution is 2.20. The molecular weight excluding hydrogens is 346 g/mol. The van der Waals surface area contributed by atoms with Gasteiger partial charge in [0, 0.05) is 11.2 Å². The first-order valence-corrected chi connectivity index (χ1v) is 8.76. The summed E-state index contributed by atoms with van der Waals surface area (Å²) in [6, 6.07) is 9.66. The maximum Gasteiger partial charge on any atom is 0.416 e. The summed E-state index contributed by atoms with van der Waals surface area (Å²) in [5, 5.41) is 1.06. The van der Waals surface area contributed by atoms with Gasteiger partial charge in [-0.05, 0) is 18.4 Å². The van der Waals surface area contributed by atoms with Crippen LogP contribution < -0.4 is 0 Å². The molecule has 0 aromatic heterocycles. The lowest BCUT2D eigenvalue weighted by Crippen LogP contribution is -2.42. The standard InChI is InChI=1S/C15H19NO3.C2H5Br/c1-3-11(2)14(17)16-13(10-19-15(16)18)9-12-7-5-4-6-8-12;1-2-3/h4-8,11,13H,3,9-10H2,1-2H3;2H2,1H3. The van der Waals surface area contributed by atoms with Crippen LogP contribution in [0, 0.1) is 5.92 Å². The summed E-state index contributed by atoms with van der Waals surface area (Å²) < 4.78 is 5.03. The molecular formula is C17H24BrNO3. The second kappa shape index (κ2) is 9.62. The SMILES string of the molecule is CCBr.CCC(C)C(=O)N1C(=O)OCC1Cc1ccccc1. The van der Waals surface area contributed by atoms with Crippen molar-refractivity contribution in [3.05, 3.63) is 35.9 Å². The molecule has 0 radical (unpaired) electrons. The molecule has 1 fully saturated rings. The number of rotatable bonds is 4. The quantitative estimate of drug-likeness (QED) is 0.752. The van der Waals surface area contributed by atoms with Crippen LogP contribution in [0.2, 0.25) is 0 Å². The summed E-state index contributed by atoms with van der Waals surface area (Å²) >= 11 is 3.15. The molecule has 0 spiro atoms. The minimum Gasteiger partial charge on any atom is -0.447 e. The number of nitrogens with zero attached hydrogens (tertiary/aromatic N) is 1. The van der Waals surface area contributed by atoms with Crippen molar-refractivity contribution in [2.75, 3.05) is 11.9 Å². The van der Waals surface area contributed by atoms with Gasteiger partial charge in [0.05, 0.1) is 6.04 Å². The molecule has 2 rings (SSSR count). The maximum atomic E-state index is 12.2. The third-order valence-corrected chi connectivity index (χ3v) is 3.55. The Morgan fingerprint density at radius 1 is 1.36 bits per heavy atom. The van der Waals surface area contributed by atoms with Crippen LogP contribution in [-0.2, 0) is 16.0 Å². The summed E-state index contributed by atoms with van der Waals surface area (Å²) in [5.74, 6) is -0.283. The van der Waals surface area contributed by atoms with E-state index in [1.165, 1.54) is 4.90 Å². The van der Waals surface area contributed by atoms with Crippen LogP contribution in [0.4, 0.5) is 4.79 Å². The van der Waals surface area contributed by atoms with Crippen LogP contribution in [0.3, 0.4) is 0 Å². The summed E-state index contributed by atoms with van der Waals surface area (Å²) in [6.07, 6.45) is 0.862. The number of imide groups is 1. The van der Waals surface area contributed by atoms with Gasteiger partial charge in [-0.25, -0.2) is 9.69 Å². The Kier molecular flexibility index (Phi) is 8.17. The highest BCUT2D eigenvalue weighted by atomic mass is 79.9. The lowest BCUT2D eigenvalue weighted by atomic mass is 10.0. The van der Waals surface area contributed by atoms with Crippen LogP contribution >= 0.6 is 15.9 Å². The summed E-state index contributed by atoms with van der Waals surface area (Å²) in [5.41, 5.74) is 1.10. The largest absolute Gasteiger partial charge is 0.447 e. The molecule has 1 aliphatic heterocycles. The van der Waals surface area contributed by atoms with Gasteiger partial charge in [0.1, 0.15) is 6.61 Å². The molecule has 2 unspecified atom stereocenters. The fourth-order valence-electron chi connectivity index (χ4n) is 2.18. The number of benzene rings is 1. The Balaban J connectivity index is 0.000000745. The Labute approximate surface area is 141 Å². The molecule has 0 aliphatic carbocycles. The van der Waals surface area contributed by atoms with Crippen molar-refractivity contribution < 1.29 is 14.3 Å². The molecule has 122 valence electrons. The van der Waals surface area contributed by atoms with Crippen molar-refractivity contribution >= 4 is 27.9 Å². The van der Waals surface area contributed by atoms with E-state index in [0.717, 1.165) is 17.3 Å². The van der Waals surface area contributed by atoms with E-state index < -0.39 is 6.09 Å². The van der Waals surface area contributed by atoms with Gasteiger partial charge in [0.25, 0.3) is 0 Å². The lowest BCUT2D eigenvalue weighted by Gasteiger charge is -2.22. The number of amides is 2. The normalized spacial score (nSPS) is 18.3. The van der Waals surface area contributed by atoms with Gasteiger partial charge >= 0.3 is 6.09 Å². The highest BCUT2D eigenvalue weighted by Gasteiger charge is 2.39. The molecule has 2 amide bonds. The highest BCUT2D eigenvalue weighted by molar-refractivity contribution is 9.09. The van der Waals surface area contributed by atoms with Crippen LogP contribution in [0.25, 0.3) is 0 Å². The van der Waals surface area contributed by atoms with Crippen molar-refractivity contribution in [3.8, 4) is 0 Å². The molecule has 1 heterocycles. The third kappa shape index (κ3) is 5.13. The van der Waals surface area contributed by atoms with Gasteiger partial charge in [0.2, 0.25) is 5.91 Å². The van der Waals surface area contributed by atoms with E-state index in [9.17, 15) is 9.59 Å². The Hall–Kier alpha value is -1.36.